The van der Waals surface area contributed by atoms with Gasteiger partial charge in [-0.2, -0.15) is 0 Å². The van der Waals surface area contributed by atoms with Gasteiger partial charge in [-0.15, -0.1) is 6.58 Å². The molecule has 1 aromatic carbocycles. The number of aromatic hydroxyl groups is 1. The fourth-order valence-corrected chi connectivity index (χ4v) is 2.31. The third-order valence-corrected chi connectivity index (χ3v) is 3.50. The summed E-state index contributed by atoms with van der Waals surface area (Å²) in [6.45, 7) is 3.90. The van der Waals surface area contributed by atoms with Crippen LogP contribution in [0.1, 0.15) is 18.4 Å². The van der Waals surface area contributed by atoms with Gasteiger partial charge in [0.2, 0.25) is 0 Å². The zero-order valence-corrected chi connectivity index (χ0v) is 11.0. The van der Waals surface area contributed by atoms with Gasteiger partial charge < -0.3 is 10.2 Å². The molecule has 2 atom stereocenters. The van der Waals surface area contributed by atoms with Crippen LogP contribution in [0.15, 0.2) is 60.7 Å². The molecule has 2 heteroatoms. The Morgan fingerprint density at radius 3 is 2.63 bits per heavy atom. The number of hydrogen-bond donors (Lipinski definition) is 2. The monoisotopic (exact) mass is 256 g/mol. The third-order valence-electron chi connectivity index (χ3n) is 3.50. The first-order valence-electron chi connectivity index (χ1n) is 6.66. The maximum Gasteiger partial charge on any atom is 0.115 e. The van der Waals surface area contributed by atoms with Crippen LogP contribution in [0.25, 0.3) is 0 Å². The van der Waals surface area contributed by atoms with Crippen LogP contribution in [-0.2, 0) is 6.42 Å². The Bertz CT molecular complexity index is 482. The van der Waals surface area contributed by atoms with E-state index in [1.807, 2.05) is 30.4 Å². The molecule has 0 radical (unpaired) electrons. The normalized spacial score (nSPS) is 19.8. The molecule has 2 N–H and O–H groups in total. The summed E-state index contributed by atoms with van der Waals surface area (Å²) < 4.78 is 0. The molecule has 2 nitrogen and oxygen atoms in total. The van der Waals surface area contributed by atoms with Crippen molar-refractivity contribution < 1.29 is 10.2 Å². The van der Waals surface area contributed by atoms with Gasteiger partial charge in [0, 0.05) is 5.92 Å². The average molecular weight is 256 g/mol. The van der Waals surface area contributed by atoms with E-state index in [2.05, 4.69) is 12.7 Å². The van der Waals surface area contributed by atoms with Gasteiger partial charge in [-0.3, -0.25) is 0 Å². The van der Waals surface area contributed by atoms with Gasteiger partial charge in [-0.25, -0.2) is 0 Å². The van der Waals surface area contributed by atoms with Gasteiger partial charge in [0.1, 0.15) is 5.75 Å². The van der Waals surface area contributed by atoms with Crippen LogP contribution in [-0.4, -0.2) is 16.3 Å². The van der Waals surface area contributed by atoms with Crippen molar-refractivity contribution in [3.8, 4) is 5.75 Å². The molecule has 1 aliphatic carbocycles. The van der Waals surface area contributed by atoms with Gasteiger partial charge in [0.05, 0.1) is 6.10 Å². The maximum atomic E-state index is 9.43. The number of rotatable bonds is 5. The van der Waals surface area contributed by atoms with E-state index in [0.29, 0.717) is 18.1 Å². The van der Waals surface area contributed by atoms with Crippen LogP contribution < -0.4 is 0 Å². The van der Waals surface area contributed by atoms with E-state index < -0.39 is 0 Å². The smallest absolute Gasteiger partial charge is 0.115 e. The minimum Gasteiger partial charge on any atom is -0.508 e. The average Bonchev–Trinajstić information content (AvgIpc) is 2.43. The van der Waals surface area contributed by atoms with Gasteiger partial charge in [-0.05, 0) is 42.5 Å². The molecule has 100 valence electrons. The van der Waals surface area contributed by atoms with Crippen LogP contribution in [0.2, 0.25) is 0 Å². The summed E-state index contributed by atoms with van der Waals surface area (Å²) in [4.78, 5) is 0. The second-order valence-corrected chi connectivity index (χ2v) is 4.91. The van der Waals surface area contributed by atoms with Crippen molar-refractivity contribution >= 4 is 0 Å². The first-order chi connectivity index (χ1) is 9.19. The quantitative estimate of drug-likeness (QED) is 0.793. The Balaban J connectivity index is 1.95. The Hall–Kier alpha value is -1.80. The van der Waals surface area contributed by atoms with Gasteiger partial charge in [-0.1, -0.05) is 36.4 Å². The zero-order valence-electron chi connectivity index (χ0n) is 11.0. The van der Waals surface area contributed by atoms with E-state index in [4.69, 9.17) is 0 Å². The van der Waals surface area contributed by atoms with Crippen molar-refractivity contribution in [1.29, 1.82) is 0 Å². The molecule has 2 rings (SSSR count). The van der Waals surface area contributed by atoms with Crippen molar-refractivity contribution in [2.45, 2.75) is 25.4 Å². The molecule has 0 saturated carbocycles. The van der Waals surface area contributed by atoms with Gasteiger partial charge in [0.25, 0.3) is 0 Å². The molecular formula is C17H20O2. The minimum absolute atomic E-state index is 0.302. The van der Waals surface area contributed by atoms with Gasteiger partial charge >= 0.3 is 0 Å². The fraction of sp³-hybridized carbons (Fsp3) is 0.294. The summed E-state index contributed by atoms with van der Waals surface area (Å²) in [6.07, 6.45) is 10.2. The number of benzene rings is 1. The number of allylic oxidation sites excluding steroid dienone is 3. The lowest BCUT2D eigenvalue weighted by molar-refractivity contribution is 0.224. The molecule has 1 aliphatic rings. The largest absolute Gasteiger partial charge is 0.508 e. The highest BCUT2D eigenvalue weighted by Crippen LogP contribution is 2.24. The summed E-state index contributed by atoms with van der Waals surface area (Å²) >= 11 is 0. The molecule has 0 aliphatic heterocycles. The Morgan fingerprint density at radius 1 is 1.32 bits per heavy atom. The highest BCUT2D eigenvalue weighted by atomic mass is 16.3. The predicted octanol–water partition coefficient (Wildman–Crippen LogP) is 3.37. The lowest BCUT2D eigenvalue weighted by atomic mass is 9.88. The van der Waals surface area contributed by atoms with E-state index in [9.17, 15) is 10.2 Å². The Kier molecular flexibility index (Phi) is 4.58. The lowest BCUT2D eigenvalue weighted by Gasteiger charge is -2.18. The third kappa shape index (κ3) is 3.83. The SMILES string of the molecule is C=CC(CCc1ccc(O)cc1)C1=CCC(O)C=C1. The van der Waals surface area contributed by atoms with Crippen molar-refractivity contribution in [2.24, 2.45) is 5.92 Å². The number of aliphatic hydroxyl groups excluding tert-OH is 1. The van der Waals surface area contributed by atoms with E-state index >= 15 is 0 Å². The molecule has 2 unspecified atom stereocenters. The number of aryl methyl sites for hydroxylation is 1. The van der Waals surface area contributed by atoms with Crippen LogP contribution in [0.3, 0.4) is 0 Å². The second-order valence-electron chi connectivity index (χ2n) is 4.91. The number of hydrogen-bond acceptors (Lipinski definition) is 2. The van der Waals surface area contributed by atoms with E-state index in [1.54, 1.807) is 12.1 Å². The maximum absolute atomic E-state index is 9.43. The van der Waals surface area contributed by atoms with E-state index in [-0.39, 0.29) is 6.10 Å². The van der Waals surface area contributed by atoms with Crippen LogP contribution in [0.5, 0.6) is 5.75 Å². The summed E-state index contributed by atoms with van der Waals surface area (Å²) in [5.74, 6) is 0.619. The topological polar surface area (TPSA) is 40.5 Å². The fourth-order valence-electron chi connectivity index (χ4n) is 2.31. The molecule has 0 heterocycles. The standard InChI is InChI=1S/C17H20O2/c1-2-14(15-7-11-17(19)12-8-15)6-3-13-4-9-16(18)10-5-13/h2,4-5,7-11,14,17-19H,1,3,6,12H2. The van der Waals surface area contributed by atoms with Crippen molar-refractivity contribution in [3.05, 3.63) is 66.3 Å². The summed E-state index contributed by atoms with van der Waals surface area (Å²) in [5, 5.41) is 18.7. The van der Waals surface area contributed by atoms with Crippen LogP contribution >= 0.6 is 0 Å². The predicted molar refractivity (Wildman–Crippen MR) is 78.0 cm³/mol. The zero-order chi connectivity index (χ0) is 13.7. The molecule has 0 spiro atoms. The van der Waals surface area contributed by atoms with Crippen LogP contribution in [0.4, 0.5) is 0 Å². The molecule has 0 amide bonds. The minimum atomic E-state index is -0.341. The molecule has 0 bridgehead atoms. The molecule has 1 aromatic rings. The first kappa shape index (κ1) is 13.6. The first-order valence-corrected chi connectivity index (χ1v) is 6.66. The summed E-state index contributed by atoms with van der Waals surface area (Å²) in [5.41, 5.74) is 2.45. The highest BCUT2D eigenvalue weighted by molar-refractivity contribution is 5.30. The Labute approximate surface area is 114 Å². The van der Waals surface area contributed by atoms with Gasteiger partial charge in [0.15, 0.2) is 0 Å². The van der Waals surface area contributed by atoms with Crippen molar-refractivity contribution in [3.63, 3.8) is 0 Å². The molecule has 0 aromatic heterocycles. The van der Waals surface area contributed by atoms with Crippen molar-refractivity contribution in [1.82, 2.24) is 0 Å². The number of aliphatic hydroxyl groups is 1. The molecule has 19 heavy (non-hydrogen) atoms. The number of phenolic OH excluding ortho intramolecular Hbond substituents is 1. The van der Waals surface area contributed by atoms with Crippen LogP contribution in [0, 0.1) is 5.92 Å². The summed E-state index contributed by atoms with van der Waals surface area (Å²) in [6, 6.07) is 7.33. The van der Waals surface area contributed by atoms with Crippen molar-refractivity contribution in [2.75, 3.05) is 0 Å². The molecular weight excluding hydrogens is 236 g/mol. The molecule has 0 fully saturated rings. The van der Waals surface area contributed by atoms with E-state index in [1.165, 1.54) is 11.1 Å². The lowest BCUT2D eigenvalue weighted by Crippen LogP contribution is -2.09. The molecule has 0 saturated heterocycles. The second kappa shape index (κ2) is 6.39. The Morgan fingerprint density at radius 2 is 2.05 bits per heavy atom. The highest BCUT2D eigenvalue weighted by Gasteiger charge is 2.12. The number of phenols is 1. The summed E-state index contributed by atoms with van der Waals surface area (Å²) in [7, 11) is 0. The van der Waals surface area contributed by atoms with E-state index in [0.717, 1.165) is 12.8 Å².